The van der Waals surface area contributed by atoms with Crippen molar-refractivity contribution in [3.05, 3.63) is 29.4 Å². The van der Waals surface area contributed by atoms with Gasteiger partial charge in [0.2, 0.25) is 5.88 Å². The van der Waals surface area contributed by atoms with E-state index in [4.69, 9.17) is 21.1 Å². The van der Waals surface area contributed by atoms with Gasteiger partial charge in [0.25, 0.3) is 0 Å². The van der Waals surface area contributed by atoms with Crippen molar-refractivity contribution >= 4 is 11.6 Å². The van der Waals surface area contributed by atoms with E-state index in [1.807, 2.05) is 27.0 Å². The lowest BCUT2D eigenvalue weighted by Crippen LogP contribution is -2.01. The van der Waals surface area contributed by atoms with Crippen LogP contribution in [-0.2, 0) is 11.3 Å². The highest BCUT2D eigenvalue weighted by atomic mass is 35.5. The molecule has 108 valence electrons. The summed E-state index contributed by atoms with van der Waals surface area (Å²) in [5.41, 5.74) is 0. The second kappa shape index (κ2) is 6.67. The first kappa shape index (κ1) is 14.7. The topological polar surface area (TPSA) is 62.1 Å². The summed E-state index contributed by atoms with van der Waals surface area (Å²) in [7, 11) is 0. The van der Waals surface area contributed by atoms with Crippen LogP contribution in [0.3, 0.4) is 0 Å². The maximum atomic E-state index is 5.94. The van der Waals surface area contributed by atoms with E-state index in [0.717, 1.165) is 0 Å². The Balaban J connectivity index is 2.13. The van der Waals surface area contributed by atoms with Crippen LogP contribution in [0.2, 0.25) is 5.15 Å². The van der Waals surface area contributed by atoms with Gasteiger partial charge in [-0.3, -0.25) is 4.68 Å². The number of hydrogen-bond acceptors (Lipinski definition) is 5. The Hall–Kier alpha value is -1.66. The Labute approximate surface area is 122 Å². The fourth-order valence-corrected chi connectivity index (χ4v) is 1.72. The first-order valence-electron chi connectivity index (χ1n) is 6.41. The molecule has 0 spiro atoms. The zero-order chi connectivity index (χ0) is 14.5. The van der Waals surface area contributed by atoms with Gasteiger partial charge in [0, 0.05) is 18.7 Å². The van der Waals surface area contributed by atoms with Crippen LogP contribution in [0.4, 0.5) is 0 Å². The summed E-state index contributed by atoms with van der Waals surface area (Å²) in [6.07, 6.45) is 3.45. The molecule has 6 nitrogen and oxygen atoms in total. The maximum absolute atomic E-state index is 5.94. The van der Waals surface area contributed by atoms with Gasteiger partial charge in [0.05, 0.1) is 12.4 Å². The molecule has 0 aromatic carbocycles. The third-order valence-corrected chi connectivity index (χ3v) is 2.68. The van der Waals surface area contributed by atoms with Gasteiger partial charge in [-0.15, -0.1) is 0 Å². The molecular formula is C13H17ClN4O2. The minimum absolute atomic E-state index is 0.273. The lowest BCUT2D eigenvalue weighted by Gasteiger charge is -2.06. The zero-order valence-electron chi connectivity index (χ0n) is 11.7. The maximum Gasteiger partial charge on any atom is 0.224 e. The third kappa shape index (κ3) is 3.91. The summed E-state index contributed by atoms with van der Waals surface area (Å²) in [5, 5.41) is 4.52. The van der Waals surface area contributed by atoms with Gasteiger partial charge >= 0.3 is 0 Å². The number of hydrogen-bond donors (Lipinski definition) is 0. The van der Waals surface area contributed by atoms with Crippen LogP contribution in [0.15, 0.2) is 18.5 Å². The van der Waals surface area contributed by atoms with E-state index >= 15 is 0 Å². The molecule has 7 heteroatoms. The van der Waals surface area contributed by atoms with E-state index in [-0.39, 0.29) is 6.04 Å². The Morgan fingerprint density at radius 3 is 2.80 bits per heavy atom. The molecule has 2 heterocycles. The molecule has 20 heavy (non-hydrogen) atoms. The number of halogens is 1. The number of rotatable bonds is 6. The zero-order valence-corrected chi connectivity index (χ0v) is 12.5. The van der Waals surface area contributed by atoms with Gasteiger partial charge in [-0.25, -0.2) is 4.98 Å². The van der Waals surface area contributed by atoms with Crippen molar-refractivity contribution < 1.29 is 9.47 Å². The van der Waals surface area contributed by atoms with Crippen LogP contribution >= 0.6 is 11.6 Å². The summed E-state index contributed by atoms with van der Waals surface area (Å²) in [6.45, 7) is 6.88. The number of aromatic nitrogens is 4. The molecule has 0 aliphatic carbocycles. The summed E-state index contributed by atoms with van der Waals surface area (Å²) in [5.74, 6) is 1.48. The van der Waals surface area contributed by atoms with E-state index in [1.165, 1.54) is 0 Å². The second-order valence-corrected chi connectivity index (χ2v) is 4.82. The van der Waals surface area contributed by atoms with Gasteiger partial charge in [0.1, 0.15) is 11.8 Å². The molecule has 0 aliphatic rings. The average molecular weight is 297 g/mol. The lowest BCUT2D eigenvalue weighted by atomic mass is 10.4. The van der Waals surface area contributed by atoms with E-state index < -0.39 is 0 Å². The first-order valence-corrected chi connectivity index (χ1v) is 6.79. The van der Waals surface area contributed by atoms with Crippen molar-refractivity contribution in [1.82, 2.24) is 19.7 Å². The van der Waals surface area contributed by atoms with Gasteiger partial charge < -0.3 is 9.47 Å². The molecule has 0 saturated heterocycles. The smallest absolute Gasteiger partial charge is 0.224 e. The van der Waals surface area contributed by atoms with Crippen molar-refractivity contribution in [3.63, 3.8) is 0 Å². The molecule has 0 radical (unpaired) electrons. The summed E-state index contributed by atoms with van der Waals surface area (Å²) < 4.78 is 12.7. The van der Waals surface area contributed by atoms with E-state index in [2.05, 4.69) is 15.1 Å². The fraction of sp³-hybridized carbons (Fsp3) is 0.462. The second-order valence-electron chi connectivity index (χ2n) is 4.43. The summed E-state index contributed by atoms with van der Waals surface area (Å²) in [6, 6.07) is 1.83. The normalized spacial score (nSPS) is 11.1. The molecule has 0 aliphatic heterocycles. The van der Waals surface area contributed by atoms with Crippen molar-refractivity contribution in [1.29, 1.82) is 0 Å². The van der Waals surface area contributed by atoms with Gasteiger partial charge in [-0.1, -0.05) is 11.6 Å². The Morgan fingerprint density at radius 2 is 2.15 bits per heavy atom. The first-order chi connectivity index (χ1) is 9.58. The summed E-state index contributed by atoms with van der Waals surface area (Å²) >= 11 is 5.94. The number of nitrogens with zero attached hydrogens (tertiary/aromatic N) is 4. The highest BCUT2D eigenvalue weighted by Gasteiger charge is 2.08. The van der Waals surface area contributed by atoms with Crippen molar-refractivity contribution in [2.45, 2.75) is 33.4 Å². The predicted molar refractivity (Wildman–Crippen MR) is 75.1 cm³/mol. The standard InChI is InChI=1S/C13H17ClN4O2/c1-4-19-8-12-16-11(14)5-13(17-12)20-10-6-15-18(7-10)9(2)3/h5-7,9H,4,8H2,1-3H3. The summed E-state index contributed by atoms with van der Waals surface area (Å²) in [4.78, 5) is 8.32. The van der Waals surface area contributed by atoms with Crippen molar-refractivity contribution in [2.75, 3.05) is 6.61 Å². The third-order valence-electron chi connectivity index (χ3n) is 2.48. The molecule has 0 bridgehead atoms. The van der Waals surface area contributed by atoms with Gasteiger partial charge in [-0.2, -0.15) is 10.1 Å². The minimum atomic E-state index is 0.273. The van der Waals surface area contributed by atoms with Crippen LogP contribution in [0, 0.1) is 0 Å². The molecule has 0 N–H and O–H groups in total. The predicted octanol–water partition coefficient (Wildman–Crippen LogP) is 3.24. The Kier molecular flexibility index (Phi) is 4.92. The molecule has 0 atom stereocenters. The molecule has 0 unspecified atom stereocenters. The molecule has 0 fully saturated rings. The molecule has 2 rings (SSSR count). The highest BCUT2D eigenvalue weighted by molar-refractivity contribution is 6.29. The SMILES string of the molecule is CCOCc1nc(Cl)cc(Oc2cnn(C(C)C)c2)n1. The quantitative estimate of drug-likeness (QED) is 0.766. The van der Waals surface area contributed by atoms with Crippen molar-refractivity contribution in [2.24, 2.45) is 0 Å². The van der Waals surface area contributed by atoms with Gasteiger partial charge in [-0.05, 0) is 20.8 Å². The van der Waals surface area contributed by atoms with Crippen LogP contribution in [0.25, 0.3) is 0 Å². The highest BCUT2D eigenvalue weighted by Crippen LogP contribution is 2.22. The fourth-order valence-electron chi connectivity index (χ4n) is 1.53. The lowest BCUT2D eigenvalue weighted by molar-refractivity contribution is 0.128. The monoisotopic (exact) mass is 296 g/mol. The van der Waals surface area contributed by atoms with Crippen molar-refractivity contribution in [3.8, 4) is 11.6 Å². The van der Waals surface area contributed by atoms with E-state index in [0.29, 0.717) is 35.8 Å². The molecule has 2 aromatic heterocycles. The van der Waals surface area contributed by atoms with E-state index in [9.17, 15) is 0 Å². The van der Waals surface area contributed by atoms with Crippen LogP contribution in [0.1, 0.15) is 32.6 Å². The number of ether oxygens (including phenoxy) is 2. The van der Waals surface area contributed by atoms with E-state index in [1.54, 1.807) is 16.9 Å². The van der Waals surface area contributed by atoms with Gasteiger partial charge in [0.15, 0.2) is 11.6 Å². The molecule has 0 amide bonds. The molecule has 2 aromatic rings. The van der Waals surface area contributed by atoms with Crippen LogP contribution < -0.4 is 4.74 Å². The molecular weight excluding hydrogens is 280 g/mol. The minimum Gasteiger partial charge on any atom is -0.436 e. The average Bonchev–Trinajstić information content (AvgIpc) is 2.84. The van der Waals surface area contributed by atoms with Crippen LogP contribution in [-0.4, -0.2) is 26.4 Å². The largest absolute Gasteiger partial charge is 0.436 e. The van der Waals surface area contributed by atoms with Crippen LogP contribution in [0.5, 0.6) is 11.6 Å². The Bertz CT molecular complexity index is 571. The Morgan fingerprint density at radius 1 is 1.35 bits per heavy atom. The molecule has 0 saturated carbocycles.